The van der Waals surface area contributed by atoms with Crippen LogP contribution in [0.2, 0.25) is 0 Å². The molecule has 23 heavy (non-hydrogen) atoms. The van der Waals surface area contributed by atoms with Crippen molar-refractivity contribution in [1.29, 1.82) is 0 Å². The molecule has 0 radical (unpaired) electrons. The van der Waals surface area contributed by atoms with Crippen LogP contribution in [0.1, 0.15) is 11.3 Å². The zero-order valence-corrected chi connectivity index (χ0v) is 13.8. The summed E-state index contributed by atoms with van der Waals surface area (Å²) in [7, 11) is -3.81. The molecule has 0 aliphatic rings. The molecule has 0 aliphatic carbocycles. The van der Waals surface area contributed by atoms with E-state index in [0.717, 1.165) is 4.09 Å². The molecular weight excluding hydrogens is 336 g/mol. The number of ether oxygens (including phenoxy) is 1. The molecule has 1 aromatic carbocycles. The van der Waals surface area contributed by atoms with E-state index >= 15 is 0 Å². The second kappa shape index (κ2) is 7.97. The Balaban J connectivity index is 2.46. The highest BCUT2D eigenvalue weighted by molar-refractivity contribution is 7.89. The molecule has 0 saturated heterocycles. The summed E-state index contributed by atoms with van der Waals surface area (Å²) in [5, 5.41) is 3.99. The van der Waals surface area contributed by atoms with Gasteiger partial charge in [0.25, 0.3) is 10.0 Å². The van der Waals surface area contributed by atoms with E-state index < -0.39 is 10.0 Å². The largest absolute Gasteiger partial charge is 0.375 e. The van der Waals surface area contributed by atoms with Crippen LogP contribution in [-0.2, 0) is 21.4 Å². The maximum atomic E-state index is 12.7. The minimum atomic E-state index is -3.81. The SMILES string of the molecule is C#C/C=C\c1c(COCCCl)cnn1S(=O)(=O)c1ccccc1. The third kappa shape index (κ3) is 4.02. The average molecular weight is 351 g/mol. The van der Waals surface area contributed by atoms with Gasteiger partial charge in [-0.3, -0.25) is 0 Å². The van der Waals surface area contributed by atoms with Crippen LogP contribution in [0.15, 0.2) is 47.5 Å². The van der Waals surface area contributed by atoms with Gasteiger partial charge in [-0.15, -0.1) is 18.0 Å². The van der Waals surface area contributed by atoms with Gasteiger partial charge < -0.3 is 4.74 Å². The zero-order chi connectivity index (χ0) is 16.7. The summed E-state index contributed by atoms with van der Waals surface area (Å²) >= 11 is 5.57. The predicted octanol–water partition coefficient (Wildman–Crippen LogP) is 2.52. The number of terminal acetylenes is 1. The summed E-state index contributed by atoms with van der Waals surface area (Å²) in [5.74, 6) is 2.69. The van der Waals surface area contributed by atoms with Gasteiger partial charge in [-0.2, -0.15) is 17.6 Å². The van der Waals surface area contributed by atoms with Gasteiger partial charge in [0.15, 0.2) is 0 Å². The lowest BCUT2D eigenvalue weighted by molar-refractivity contribution is 0.135. The Morgan fingerprint density at radius 3 is 2.74 bits per heavy atom. The fourth-order valence-corrected chi connectivity index (χ4v) is 3.32. The quantitative estimate of drug-likeness (QED) is 0.437. The summed E-state index contributed by atoms with van der Waals surface area (Å²) in [5.41, 5.74) is 0.975. The second-order valence-electron chi connectivity index (χ2n) is 4.46. The molecule has 5 nitrogen and oxygen atoms in total. The van der Waals surface area contributed by atoms with Gasteiger partial charge in [0, 0.05) is 11.4 Å². The van der Waals surface area contributed by atoms with Crippen LogP contribution < -0.4 is 0 Å². The molecule has 0 aliphatic heterocycles. The highest BCUT2D eigenvalue weighted by atomic mass is 35.5. The number of aromatic nitrogens is 2. The molecule has 0 bridgehead atoms. The Kier molecular flexibility index (Phi) is 5.99. The number of benzene rings is 1. The molecule has 0 N–H and O–H groups in total. The molecule has 0 unspecified atom stereocenters. The first-order valence-electron chi connectivity index (χ1n) is 6.75. The summed E-state index contributed by atoms with van der Waals surface area (Å²) in [6, 6.07) is 8.06. The van der Waals surface area contributed by atoms with Crippen molar-refractivity contribution in [2.45, 2.75) is 11.5 Å². The number of halogens is 1. The molecule has 1 aromatic heterocycles. The van der Waals surface area contributed by atoms with Crippen LogP contribution in [0.4, 0.5) is 0 Å². The van der Waals surface area contributed by atoms with E-state index in [-0.39, 0.29) is 11.5 Å². The smallest absolute Gasteiger partial charge is 0.283 e. The number of hydrogen-bond donors (Lipinski definition) is 0. The maximum Gasteiger partial charge on any atom is 0.283 e. The zero-order valence-electron chi connectivity index (χ0n) is 12.2. The number of alkyl halides is 1. The van der Waals surface area contributed by atoms with E-state index in [1.54, 1.807) is 18.2 Å². The molecule has 1 heterocycles. The first kappa shape index (κ1) is 17.3. The van der Waals surface area contributed by atoms with Crippen molar-refractivity contribution in [3.8, 4) is 12.3 Å². The Morgan fingerprint density at radius 2 is 2.09 bits per heavy atom. The van der Waals surface area contributed by atoms with Gasteiger partial charge in [-0.1, -0.05) is 24.1 Å². The van der Waals surface area contributed by atoms with Gasteiger partial charge in [0.1, 0.15) is 0 Å². The maximum absolute atomic E-state index is 12.7. The van der Waals surface area contributed by atoms with Crippen molar-refractivity contribution in [3.05, 3.63) is 53.9 Å². The lowest BCUT2D eigenvalue weighted by Gasteiger charge is -2.08. The Bertz CT molecular complexity index is 821. The summed E-state index contributed by atoms with van der Waals surface area (Å²) < 4.78 is 31.7. The number of allylic oxidation sites excluding steroid dienone is 1. The van der Waals surface area contributed by atoms with E-state index in [9.17, 15) is 8.42 Å². The van der Waals surface area contributed by atoms with Gasteiger partial charge in [-0.25, -0.2) is 0 Å². The first-order valence-corrected chi connectivity index (χ1v) is 8.72. The molecule has 0 saturated carbocycles. The molecule has 0 atom stereocenters. The molecule has 7 heteroatoms. The summed E-state index contributed by atoms with van der Waals surface area (Å²) in [4.78, 5) is 0.145. The van der Waals surface area contributed by atoms with E-state index in [1.807, 2.05) is 0 Å². The van der Waals surface area contributed by atoms with E-state index in [0.29, 0.717) is 23.7 Å². The Hall–Kier alpha value is -2.07. The molecule has 0 amide bonds. The number of hydrogen-bond acceptors (Lipinski definition) is 4. The van der Waals surface area contributed by atoms with E-state index in [4.69, 9.17) is 22.8 Å². The van der Waals surface area contributed by atoms with Gasteiger partial charge in [-0.05, 0) is 24.3 Å². The lowest BCUT2D eigenvalue weighted by atomic mass is 10.2. The standard InChI is InChI=1S/C16H15ClN2O3S/c1-2-3-9-16-14(13-22-11-10-17)12-18-19(16)23(20,21)15-7-5-4-6-8-15/h1,3-9,12H,10-11,13H2/b9-3-. The van der Waals surface area contributed by atoms with Gasteiger partial charge in [0.05, 0.1) is 30.0 Å². The highest BCUT2D eigenvalue weighted by Crippen LogP contribution is 2.19. The minimum absolute atomic E-state index is 0.145. The highest BCUT2D eigenvalue weighted by Gasteiger charge is 2.22. The van der Waals surface area contributed by atoms with Crippen molar-refractivity contribution in [3.63, 3.8) is 0 Å². The van der Waals surface area contributed by atoms with Crippen molar-refractivity contribution in [1.82, 2.24) is 9.19 Å². The van der Waals surface area contributed by atoms with Crippen LogP contribution in [0, 0.1) is 12.3 Å². The summed E-state index contributed by atoms with van der Waals surface area (Å²) in [6.45, 7) is 0.553. The number of nitrogens with zero attached hydrogens (tertiary/aromatic N) is 2. The van der Waals surface area contributed by atoms with Gasteiger partial charge in [0.2, 0.25) is 0 Å². The van der Waals surface area contributed by atoms with Crippen LogP contribution in [0.25, 0.3) is 6.08 Å². The molecule has 0 spiro atoms. The van der Waals surface area contributed by atoms with Crippen molar-refractivity contribution < 1.29 is 13.2 Å². The predicted molar refractivity (Wildman–Crippen MR) is 89.5 cm³/mol. The van der Waals surface area contributed by atoms with E-state index in [2.05, 4.69) is 11.0 Å². The molecule has 120 valence electrons. The Morgan fingerprint density at radius 1 is 1.35 bits per heavy atom. The minimum Gasteiger partial charge on any atom is -0.375 e. The fraction of sp³-hybridized carbons (Fsp3) is 0.188. The van der Waals surface area contributed by atoms with Crippen LogP contribution >= 0.6 is 11.6 Å². The third-order valence-electron chi connectivity index (χ3n) is 2.94. The van der Waals surface area contributed by atoms with Crippen LogP contribution in [-0.4, -0.2) is 30.1 Å². The molecule has 0 fully saturated rings. The Labute approximate surface area is 140 Å². The number of rotatable bonds is 7. The fourth-order valence-electron chi connectivity index (χ4n) is 1.90. The average Bonchev–Trinajstić information content (AvgIpc) is 2.97. The van der Waals surface area contributed by atoms with Crippen molar-refractivity contribution in [2.24, 2.45) is 0 Å². The monoisotopic (exact) mass is 350 g/mol. The molecular formula is C16H15ClN2O3S. The normalized spacial score (nSPS) is 11.7. The first-order chi connectivity index (χ1) is 11.1. The van der Waals surface area contributed by atoms with Gasteiger partial charge >= 0.3 is 0 Å². The topological polar surface area (TPSA) is 61.2 Å². The summed E-state index contributed by atoms with van der Waals surface area (Å²) in [6.07, 6.45) is 9.61. The van der Waals surface area contributed by atoms with Crippen molar-refractivity contribution >= 4 is 27.7 Å². The third-order valence-corrected chi connectivity index (χ3v) is 4.71. The van der Waals surface area contributed by atoms with Crippen molar-refractivity contribution in [2.75, 3.05) is 12.5 Å². The molecule has 2 aromatic rings. The molecule has 2 rings (SSSR count). The second-order valence-corrected chi connectivity index (χ2v) is 6.60. The van der Waals surface area contributed by atoms with Crippen LogP contribution in [0.5, 0.6) is 0 Å². The van der Waals surface area contributed by atoms with Crippen LogP contribution in [0.3, 0.4) is 0 Å². The lowest BCUT2D eigenvalue weighted by Crippen LogP contribution is -2.16. The van der Waals surface area contributed by atoms with E-state index in [1.165, 1.54) is 30.5 Å².